The van der Waals surface area contributed by atoms with E-state index in [1.54, 1.807) is 69.0 Å². The topological polar surface area (TPSA) is 263 Å². The average molecular weight is 1130 g/mol. The summed E-state index contributed by atoms with van der Waals surface area (Å²) in [6.07, 6.45) is 10.5. The highest BCUT2D eigenvalue weighted by molar-refractivity contribution is 6.12. The SMILES string of the molecule is CCO[C@]1(C)CC[C@@H](O)CC(=O)O[C@H](/C(C)=C/C=C/[C@](C)(O)CC2OC2[C@H](C)[C@@H](O)CC)[C@@H](C)/C=C/[C@@H]1OC(=O)N1CC[N+](C)(Cc2ccc(NC(=O)[C@H](C)NC(=O)[C@@H](NC(=O)CCCCCN3C(=O)C=CC3=O)C(C)C)cc2)CC1. The van der Waals surface area contributed by atoms with Gasteiger partial charge in [-0.05, 0) is 96.4 Å². The van der Waals surface area contributed by atoms with Gasteiger partial charge < -0.3 is 54.7 Å². The molecule has 2 fully saturated rings. The molecule has 2 saturated heterocycles. The molecule has 5 rings (SSSR count). The maximum absolute atomic E-state index is 14.1. The number of piperazine rings is 1. The summed E-state index contributed by atoms with van der Waals surface area (Å²) >= 11 is 0. The number of aliphatic hydroxyl groups is 3. The smallest absolute Gasteiger partial charge is 0.410 e. The minimum Gasteiger partial charge on any atom is -0.457 e. The summed E-state index contributed by atoms with van der Waals surface area (Å²) < 4.78 is 25.1. The first-order chi connectivity index (χ1) is 38.2. The van der Waals surface area contributed by atoms with Crippen molar-refractivity contribution in [2.24, 2.45) is 17.8 Å². The second-order valence-corrected chi connectivity index (χ2v) is 23.8. The fourth-order valence-corrected chi connectivity index (χ4v) is 10.7. The first kappa shape index (κ1) is 66.0. The van der Waals surface area contributed by atoms with E-state index < -0.39 is 77.5 Å². The van der Waals surface area contributed by atoms with Crippen LogP contribution in [0.3, 0.4) is 0 Å². The molecule has 1 aromatic rings. The van der Waals surface area contributed by atoms with E-state index in [1.165, 1.54) is 12.2 Å². The number of hydrogen-bond donors (Lipinski definition) is 6. The zero-order valence-electron chi connectivity index (χ0n) is 49.7. The number of aliphatic hydroxyl groups excluding tert-OH is 2. The molecule has 0 radical (unpaired) electrons. The molecule has 20 nitrogen and oxygen atoms in total. The van der Waals surface area contributed by atoms with Crippen molar-refractivity contribution in [3.63, 3.8) is 0 Å². The molecular formula is C61H93N6O14+. The fourth-order valence-electron chi connectivity index (χ4n) is 10.7. The van der Waals surface area contributed by atoms with Crippen molar-refractivity contribution >= 4 is 47.3 Å². The van der Waals surface area contributed by atoms with E-state index in [9.17, 15) is 48.9 Å². The Hall–Kier alpha value is -5.77. The van der Waals surface area contributed by atoms with E-state index >= 15 is 0 Å². The Morgan fingerprint density at radius 1 is 0.963 bits per heavy atom. The Morgan fingerprint density at radius 2 is 1.63 bits per heavy atom. The molecule has 12 atom stereocenters. The van der Waals surface area contributed by atoms with Gasteiger partial charge >= 0.3 is 12.1 Å². The third-order valence-corrected chi connectivity index (χ3v) is 16.1. The van der Waals surface area contributed by atoms with E-state index in [1.807, 2.05) is 59.8 Å². The molecule has 4 aliphatic heterocycles. The van der Waals surface area contributed by atoms with Crippen molar-refractivity contribution in [3.05, 3.63) is 77.9 Å². The first-order valence-corrected chi connectivity index (χ1v) is 29.1. The van der Waals surface area contributed by atoms with Crippen LogP contribution in [0.4, 0.5) is 10.5 Å². The van der Waals surface area contributed by atoms with Gasteiger partial charge in [-0.15, -0.1) is 0 Å². The number of rotatable bonds is 25. The molecule has 0 spiro atoms. The third kappa shape index (κ3) is 20.0. The molecule has 4 heterocycles. The fraction of sp³-hybridized carbons (Fsp3) is 0.656. The number of quaternary nitrogens is 1. The van der Waals surface area contributed by atoms with E-state index in [2.05, 4.69) is 23.0 Å². The van der Waals surface area contributed by atoms with E-state index in [0.717, 1.165) is 10.5 Å². The number of likely N-dealkylation sites (N-methyl/N-ethyl adjacent to an activating group) is 1. The lowest BCUT2D eigenvalue weighted by Crippen LogP contribution is -2.58. The highest BCUT2D eigenvalue weighted by Gasteiger charge is 2.47. The van der Waals surface area contributed by atoms with Crippen LogP contribution in [-0.2, 0) is 54.3 Å². The molecule has 2 unspecified atom stereocenters. The summed E-state index contributed by atoms with van der Waals surface area (Å²) in [5.41, 5.74) is 0.0147. The van der Waals surface area contributed by atoms with Gasteiger partial charge in [0.15, 0.2) is 6.10 Å². The molecule has 0 saturated carbocycles. The molecule has 6 amide bonds. The normalized spacial score (nSPS) is 27.0. The van der Waals surface area contributed by atoms with E-state index in [-0.39, 0.29) is 74.0 Å². The summed E-state index contributed by atoms with van der Waals surface area (Å²) in [6.45, 7) is 21.6. The van der Waals surface area contributed by atoms with Gasteiger partial charge in [-0.3, -0.25) is 38.6 Å². The monoisotopic (exact) mass is 1130 g/mol. The van der Waals surface area contributed by atoms with Crippen molar-refractivity contribution < 1.29 is 72.3 Å². The average Bonchev–Trinajstić information content (AvgIpc) is 4.21. The Morgan fingerprint density at radius 3 is 2.26 bits per heavy atom. The quantitative estimate of drug-likeness (QED) is 0.0129. The minimum atomic E-state index is -1.20. The van der Waals surface area contributed by atoms with Gasteiger partial charge in [-0.25, -0.2) is 4.79 Å². The molecule has 1 aromatic carbocycles. The predicted molar refractivity (Wildman–Crippen MR) is 306 cm³/mol. The van der Waals surface area contributed by atoms with Gasteiger partial charge in [0.05, 0.1) is 69.7 Å². The van der Waals surface area contributed by atoms with Crippen LogP contribution in [0.25, 0.3) is 0 Å². The van der Waals surface area contributed by atoms with Crippen LogP contribution in [0.5, 0.6) is 0 Å². The maximum Gasteiger partial charge on any atom is 0.410 e. The minimum absolute atomic E-state index is 0.0424. The van der Waals surface area contributed by atoms with Crippen LogP contribution in [0.1, 0.15) is 133 Å². The number of nitrogens with one attached hydrogen (secondary N) is 3. The number of ether oxygens (including phenoxy) is 4. The number of carbonyl (C=O) groups excluding carboxylic acids is 7. The number of cyclic esters (lactones) is 1. The molecular weight excluding hydrogens is 1040 g/mol. The first-order valence-electron chi connectivity index (χ1n) is 29.1. The van der Waals surface area contributed by atoms with Crippen molar-refractivity contribution in [2.45, 2.75) is 193 Å². The number of epoxide rings is 1. The van der Waals surface area contributed by atoms with E-state index in [0.29, 0.717) is 87.2 Å². The molecule has 0 aromatic heterocycles. The second kappa shape index (κ2) is 30.0. The van der Waals surface area contributed by atoms with Crippen LogP contribution in [-0.4, -0.2) is 177 Å². The van der Waals surface area contributed by atoms with Crippen molar-refractivity contribution in [1.29, 1.82) is 0 Å². The molecule has 0 bridgehead atoms. The Bertz CT molecular complexity index is 2430. The van der Waals surface area contributed by atoms with Gasteiger partial charge in [0, 0.05) is 61.2 Å². The lowest BCUT2D eigenvalue weighted by atomic mass is 9.88. The summed E-state index contributed by atoms with van der Waals surface area (Å²) in [5, 5.41) is 40.9. The van der Waals surface area contributed by atoms with Gasteiger partial charge in [-0.1, -0.05) is 77.5 Å². The highest BCUT2D eigenvalue weighted by Crippen LogP contribution is 2.38. The standard InChI is InChI=1S/C61H92N6O14/c1-12-47(69)42(7)56-48(79-56)37-60(9,77)29-17-18-40(5)55-41(6)20-25-49(61(10,78-13-2)30-28-46(68)36-53(73)81-55)80-59(76)65-32-34-67(11,35-33-65)38-44-21-23-45(24-22-44)63-57(74)43(8)62-58(75)54(39(3)4)64-50(70)19-15-14-16-31-66-51(71)26-27-52(66)72/h17-18,20-27,29,39,41-43,46-49,54-56,68-69,77H,12-16,19,28,30-38H2,1-11H3,(H2-,62,63,64,70,74,75)/p+1/b25-20+,29-17+,40-18+/t41-,42+,43-,46+,47-,48?,49-,54-,55+,56?,60-,61+/m0/s1. The molecule has 6 N–H and O–H groups in total. The van der Waals surface area contributed by atoms with Crippen LogP contribution in [0.2, 0.25) is 0 Å². The highest BCUT2D eigenvalue weighted by atomic mass is 16.6. The van der Waals surface area contributed by atoms with Crippen molar-refractivity contribution in [1.82, 2.24) is 20.4 Å². The number of nitrogens with zero attached hydrogens (tertiary/aromatic N) is 3. The van der Waals surface area contributed by atoms with Crippen LogP contribution >= 0.6 is 0 Å². The number of anilines is 1. The number of hydrogen-bond acceptors (Lipinski definition) is 14. The largest absolute Gasteiger partial charge is 0.457 e. The number of esters is 1. The summed E-state index contributed by atoms with van der Waals surface area (Å²) in [4.78, 5) is 93.0. The lowest BCUT2D eigenvalue weighted by Gasteiger charge is -2.43. The van der Waals surface area contributed by atoms with Crippen LogP contribution in [0.15, 0.2) is 72.4 Å². The molecule has 20 heteroatoms. The molecule has 0 aliphatic carbocycles. The summed E-state index contributed by atoms with van der Waals surface area (Å²) in [5.74, 6) is -3.15. The third-order valence-electron chi connectivity index (χ3n) is 16.1. The van der Waals surface area contributed by atoms with Crippen LogP contribution in [0, 0.1) is 17.8 Å². The maximum atomic E-state index is 14.1. The zero-order valence-corrected chi connectivity index (χ0v) is 49.7. The lowest BCUT2D eigenvalue weighted by molar-refractivity contribution is -0.926. The number of unbranched alkanes of at least 4 members (excludes halogenated alkanes) is 2. The Balaban J connectivity index is 1.13. The van der Waals surface area contributed by atoms with Crippen molar-refractivity contribution in [3.8, 4) is 0 Å². The molecule has 4 aliphatic rings. The number of allylic oxidation sites excluding steroid dienone is 2. The second-order valence-electron chi connectivity index (χ2n) is 23.8. The zero-order chi connectivity index (χ0) is 59.8. The van der Waals surface area contributed by atoms with Gasteiger partial charge in [-0.2, -0.15) is 0 Å². The van der Waals surface area contributed by atoms with Gasteiger partial charge in [0.25, 0.3) is 11.8 Å². The number of carbonyl (C=O) groups is 7. The number of imide groups is 1. The van der Waals surface area contributed by atoms with Gasteiger partial charge in [0.2, 0.25) is 17.7 Å². The van der Waals surface area contributed by atoms with E-state index in [4.69, 9.17) is 18.9 Å². The Labute approximate surface area is 479 Å². The van der Waals surface area contributed by atoms with Crippen molar-refractivity contribution in [2.75, 3.05) is 51.7 Å². The Kier molecular flexibility index (Phi) is 24.4. The number of amides is 6. The molecule has 450 valence electrons. The predicted octanol–water partition coefficient (Wildman–Crippen LogP) is 5.79. The van der Waals surface area contributed by atoms with Gasteiger partial charge in [0.1, 0.15) is 30.3 Å². The van der Waals surface area contributed by atoms with Crippen LogP contribution < -0.4 is 16.0 Å². The number of benzene rings is 1. The summed E-state index contributed by atoms with van der Waals surface area (Å²) in [7, 11) is 2.13. The molecule has 81 heavy (non-hydrogen) atoms. The summed E-state index contributed by atoms with van der Waals surface area (Å²) in [6, 6.07) is 5.71.